The van der Waals surface area contributed by atoms with Gasteiger partial charge in [0.15, 0.2) is 5.75 Å². The number of nitrogens with one attached hydrogen (secondary N) is 2. The Bertz CT molecular complexity index is 1310. The van der Waals surface area contributed by atoms with Crippen LogP contribution in [0.2, 0.25) is 0 Å². The van der Waals surface area contributed by atoms with Crippen molar-refractivity contribution >= 4 is 28.2 Å². The topological polar surface area (TPSA) is 72.4 Å². The molecule has 1 heterocycles. The van der Waals surface area contributed by atoms with Crippen molar-refractivity contribution in [2.24, 2.45) is 7.05 Å². The van der Waals surface area contributed by atoms with E-state index in [9.17, 15) is 22.2 Å². The summed E-state index contributed by atoms with van der Waals surface area (Å²) in [6.45, 7) is 1.91. The van der Waals surface area contributed by atoms with Gasteiger partial charge in [-0.05, 0) is 48.2 Å². The predicted molar refractivity (Wildman–Crippen MR) is 127 cm³/mol. The summed E-state index contributed by atoms with van der Waals surface area (Å²) in [6, 6.07) is 9.21. The molecule has 4 rings (SSSR count). The third-order valence-electron chi connectivity index (χ3n) is 5.84. The molecule has 0 radical (unpaired) electrons. The molecule has 2 N–H and O–H groups in total. The number of rotatable bonds is 8. The maximum Gasteiger partial charge on any atom is 0.255 e. The molecule has 0 bridgehead atoms. The van der Waals surface area contributed by atoms with E-state index in [-0.39, 0.29) is 28.9 Å². The van der Waals surface area contributed by atoms with Gasteiger partial charge in [0.05, 0.1) is 18.0 Å². The van der Waals surface area contributed by atoms with Gasteiger partial charge in [-0.2, -0.15) is 0 Å². The standard InChI is InChI=1S/C24H24F3N3O3S/c1-4-13-5-6-19(18(27)7-13)28-24-23(20(33-3)12-22(31)30(24)2)29-34(32)21-11-17(21)14-8-15(25)10-16(26)9-14/h5-10,12,17,21,28-29H,4,11H2,1-3H3. The normalized spacial score (nSPS) is 17.8. The van der Waals surface area contributed by atoms with Gasteiger partial charge in [-0.15, -0.1) is 0 Å². The molecule has 1 saturated carbocycles. The summed E-state index contributed by atoms with van der Waals surface area (Å²) < 4.78 is 64.4. The summed E-state index contributed by atoms with van der Waals surface area (Å²) in [7, 11) is 1.17. The predicted octanol–water partition coefficient (Wildman–Crippen LogP) is 4.75. The number of hydrogen-bond donors (Lipinski definition) is 2. The molecule has 0 spiro atoms. The number of benzene rings is 2. The highest BCUT2D eigenvalue weighted by Crippen LogP contribution is 2.46. The number of hydrogen-bond acceptors (Lipinski definition) is 4. The highest BCUT2D eigenvalue weighted by Gasteiger charge is 2.44. The van der Waals surface area contributed by atoms with Gasteiger partial charge < -0.3 is 10.1 Å². The molecular weight excluding hydrogens is 467 g/mol. The summed E-state index contributed by atoms with van der Waals surface area (Å²) in [5.74, 6) is -1.89. The fourth-order valence-electron chi connectivity index (χ4n) is 3.81. The van der Waals surface area contributed by atoms with E-state index in [2.05, 4.69) is 10.0 Å². The van der Waals surface area contributed by atoms with Crippen LogP contribution in [0.25, 0.3) is 0 Å². The summed E-state index contributed by atoms with van der Waals surface area (Å²) in [5, 5.41) is 2.50. The zero-order chi connectivity index (χ0) is 24.6. The minimum atomic E-state index is -1.68. The Labute approximate surface area is 197 Å². The molecule has 6 nitrogen and oxygen atoms in total. The Morgan fingerprint density at radius 2 is 1.82 bits per heavy atom. The lowest BCUT2D eigenvalue weighted by Crippen LogP contribution is -2.23. The lowest BCUT2D eigenvalue weighted by atomic mass is 10.1. The van der Waals surface area contributed by atoms with Gasteiger partial charge in [-0.3, -0.25) is 14.1 Å². The van der Waals surface area contributed by atoms with Crippen LogP contribution in [0.1, 0.15) is 30.4 Å². The summed E-state index contributed by atoms with van der Waals surface area (Å²) in [6.07, 6.45) is 1.13. The Morgan fingerprint density at radius 1 is 1.12 bits per heavy atom. The van der Waals surface area contributed by atoms with Gasteiger partial charge in [-0.1, -0.05) is 13.0 Å². The van der Waals surface area contributed by atoms with Crippen molar-refractivity contribution in [2.45, 2.75) is 30.9 Å². The first-order chi connectivity index (χ1) is 16.2. The SMILES string of the molecule is CCc1ccc(Nc2c(NS(=O)C3CC3c3cc(F)cc(F)c3)c(OC)cc(=O)n2C)c(F)c1. The van der Waals surface area contributed by atoms with E-state index in [1.807, 2.05) is 6.92 Å². The van der Waals surface area contributed by atoms with E-state index in [0.29, 0.717) is 18.4 Å². The molecule has 3 aromatic rings. The lowest BCUT2D eigenvalue weighted by molar-refractivity contribution is 0.415. The Balaban J connectivity index is 1.64. The first kappa shape index (κ1) is 23.9. The number of anilines is 3. The minimum Gasteiger partial charge on any atom is -0.494 e. The fraction of sp³-hybridized carbons (Fsp3) is 0.292. The number of ether oxygens (including phenoxy) is 1. The van der Waals surface area contributed by atoms with E-state index in [0.717, 1.165) is 11.6 Å². The lowest BCUT2D eigenvalue weighted by Gasteiger charge is -2.20. The van der Waals surface area contributed by atoms with Gasteiger partial charge in [-0.25, -0.2) is 17.4 Å². The van der Waals surface area contributed by atoms with Crippen molar-refractivity contribution in [3.63, 3.8) is 0 Å². The van der Waals surface area contributed by atoms with Crippen molar-refractivity contribution in [1.29, 1.82) is 0 Å². The van der Waals surface area contributed by atoms with E-state index in [1.165, 1.54) is 43.0 Å². The van der Waals surface area contributed by atoms with Crippen LogP contribution in [-0.4, -0.2) is 21.1 Å². The van der Waals surface area contributed by atoms with Gasteiger partial charge >= 0.3 is 0 Å². The molecule has 0 amide bonds. The average molecular weight is 492 g/mol. The Hall–Kier alpha value is -3.27. The van der Waals surface area contributed by atoms with E-state index in [4.69, 9.17) is 4.74 Å². The molecule has 0 saturated heterocycles. The molecule has 1 fully saturated rings. The van der Waals surface area contributed by atoms with Crippen LogP contribution in [0.15, 0.2) is 47.3 Å². The van der Waals surface area contributed by atoms with E-state index in [1.54, 1.807) is 12.1 Å². The van der Waals surface area contributed by atoms with Crippen molar-refractivity contribution < 1.29 is 22.1 Å². The average Bonchev–Trinajstić information content (AvgIpc) is 3.60. The molecule has 1 aliphatic carbocycles. The first-order valence-corrected chi connectivity index (χ1v) is 11.9. The third-order valence-corrected chi connectivity index (χ3v) is 7.32. The van der Waals surface area contributed by atoms with Gasteiger partial charge in [0.2, 0.25) is 0 Å². The zero-order valence-corrected chi connectivity index (χ0v) is 19.6. The highest BCUT2D eigenvalue weighted by molar-refractivity contribution is 7.87. The highest BCUT2D eigenvalue weighted by atomic mass is 32.2. The van der Waals surface area contributed by atoms with Crippen LogP contribution in [0.5, 0.6) is 5.75 Å². The van der Waals surface area contributed by atoms with Crippen LogP contribution in [0.3, 0.4) is 0 Å². The molecule has 3 unspecified atom stereocenters. The summed E-state index contributed by atoms with van der Waals surface area (Å²) in [5.41, 5.74) is 1.17. The molecule has 34 heavy (non-hydrogen) atoms. The third kappa shape index (κ3) is 4.82. The van der Waals surface area contributed by atoms with Crippen LogP contribution in [0.4, 0.5) is 30.4 Å². The second kappa shape index (κ2) is 9.54. The van der Waals surface area contributed by atoms with Gasteiger partial charge in [0, 0.05) is 25.1 Å². The van der Waals surface area contributed by atoms with Gasteiger partial charge in [0.1, 0.15) is 39.9 Å². The molecule has 3 atom stereocenters. The monoisotopic (exact) mass is 491 g/mol. The second-order valence-electron chi connectivity index (χ2n) is 8.11. The van der Waals surface area contributed by atoms with Crippen LogP contribution in [0, 0.1) is 17.5 Å². The zero-order valence-electron chi connectivity index (χ0n) is 18.8. The van der Waals surface area contributed by atoms with Crippen molar-refractivity contribution in [2.75, 3.05) is 17.1 Å². The Kier molecular flexibility index (Phi) is 6.70. The molecule has 1 aliphatic rings. The van der Waals surface area contributed by atoms with E-state index >= 15 is 0 Å². The molecular formula is C24H24F3N3O3S. The van der Waals surface area contributed by atoms with Crippen LogP contribution >= 0.6 is 0 Å². The summed E-state index contributed by atoms with van der Waals surface area (Å²) in [4.78, 5) is 12.5. The van der Waals surface area contributed by atoms with Crippen molar-refractivity contribution in [3.05, 3.63) is 81.4 Å². The molecule has 1 aromatic heterocycles. The number of methoxy groups -OCH3 is 1. The van der Waals surface area contributed by atoms with Crippen LogP contribution in [-0.2, 0) is 24.5 Å². The molecule has 2 aromatic carbocycles. The second-order valence-corrected chi connectivity index (χ2v) is 9.51. The van der Waals surface area contributed by atoms with Crippen LogP contribution < -0.4 is 20.3 Å². The molecule has 0 aliphatic heterocycles. The number of pyridine rings is 1. The Morgan fingerprint density at radius 3 is 2.44 bits per heavy atom. The number of aryl methyl sites for hydroxylation is 1. The summed E-state index contributed by atoms with van der Waals surface area (Å²) >= 11 is 0. The fourth-order valence-corrected chi connectivity index (χ4v) is 5.20. The van der Waals surface area contributed by atoms with Crippen molar-refractivity contribution in [3.8, 4) is 5.75 Å². The smallest absolute Gasteiger partial charge is 0.255 e. The van der Waals surface area contributed by atoms with Crippen molar-refractivity contribution in [1.82, 2.24) is 4.57 Å². The first-order valence-electron chi connectivity index (χ1n) is 10.7. The maximum atomic E-state index is 14.7. The quantitative estimate of drug-likeness (QED) is 0.477. The van der Waals surface area contributed by atoms with Gasteiger partial charge in [0.25, 0.3) is 5.56 Å². The number of nitrogens with zero attached hydrogens (tertiary/aromatic N) is 1. The largest absolute Gasteiger partial charge is 0.494 e. The molecule has 10 heteroatoms. The van der Waals surface area contributed by atoms with E-state index < -0.39 is 39.2 Å². The minimum absolute atomic E-state index is 0.124. The number of aromatic nitrogens is 1. The molecule has 180 valence electrons. The maximum absolute atomic E-state index is 14.7. The number of halogens is 3.